The molecule has 1 atom stereocenters. The van der Waals surface area contributed by atoms with Gasteiger partial charge in [-0.15, -0.1) is 0 Å². The molecule has 1 aromatic rings. The third kappa shape index (κ3) is 1.73. The number of aliphatic hydroxyl groups excluding tert-OH is 1. The third-order valence-corrected chi connectivity index (χ3v) is 2.71. The molecule has 0 bridgehead atoms. The van der Waals surface area contributed by atoms with Gasteiger partial charge in [0, 0.05) is 0 Å². The maximum atomic E-state index is 9.22. The van der Waals surface area contributed by atoms with Gasteiger partial charge < -0.3 is 0 Å². The second-order valence-corrected chi connectivity index (χ2v) is 3.80. The molecule has 1 N–H and O–H groups in total. The molecule has 2 heteroatoms. The standard InChI is InChI=1S/C8H9O.Sn/c1-7(9)8-5-3-2-4-6-8;/h2-5,7,9H,1H3;/q;+3. The Bertz CT molecular complexity index is 220. The van der Waals surface area contributed by atoms with E-state index in [2.05, 4.69) is 0 Å². The molecule has 10 heavy (non-hydrogen) atoms. The fourth-order valence-corrected chi connectivity index (χ4v) is 1.97. The summed E-state index contributed by atoms with van der Waals surface area (Å²) in [5.41, 5.74) is 1.06. The van der Waals surface area contributed by atoms with E-state index in [1.54, 1.807) is 6.92 Å². The number of hydrogen-bond acceptors (Lipinski definition) is 1. The van der Waals surface area contributed by atoms with E-state index in [4.69, 9.17) is 0 Å². The molecule has 0 heterocycles. The van der Waals surface area contributed by atoms with Crippen molar-refractivity contribution in [3.05, 3.63) is 29.8 Å². The summed E-state index contributed by atoms with van der Waals surface area (Å²) < 4.78 is 1.24. The van der Waals surface area contributed by atoms with E-state index in [9.17, 15) is 5.11 Å². The van der Waals surface area contributed by atoms with Crippen LogP contribution in [0.2, 0.25) is 0 Å². The van der Waals surface area contributed by atoms with Crippen molar-refractivity contribution >= 4 is 26.1 Å². The minimum absolute atomic E-state index is 0.324. The average Bonchev–Trinajstić information content (AvgIpc) is 1.88. The molecule has 1 unspecified atom stereocenters. The fraction of sp³-hybridized carbons (Fsp3) is 0.250. The third-order valence-electron chi connectivity index (χ3n) is 1.41. The van der Waals surface area contributed by atoms with Crippen LogP contribution >= 0.6 is 0 Å². The summed E-state index contributed by atoms with van der Waals surface area (Å²) in [4.78, 5) is 0. The van der Waals surface area contributed by atoms with E-state index in [0.717, 1.165) is 5.56 Å². The first-order valence-electron chi connectivity index (χ1n) is 3.20. The van der Waals surface area contributed by atoms with Crippen molar-refractivity contribution in [1.82, 2.24) is 0 Å². The molecule has 1 aromatic carbocycles. The molecule has 0 radical (unpaired) electrons. The van der Waals surface area contributed by atoms with E-state index in [0.29, 0.717) is 0 Å². The first kappa shape index (κ1) is 8.08. The van der Waals surface area contributed by atoms with Crippen LogP contribution < -0.4 is 3.58 Å². The van der Waals surface area contributed by atoms with Gasteiger partial charge in [-0.3, -0.25) is 0 Å². The van der Waals surface area contributed by atoms with E-state index in [-0.39, 0.29) is 6.10 Å². The van der Waals surface area contributed by atoms with Crippen LogP contribution in [0.3, 0.4) is 0 Å². The molecule has 0 saturated heterocycles. The van der Waals surface area contributed by atoms with E-state index in [1.807, 2.05) is 24.3 Å². The average molecular weight is 240 g/mol. The summed E-state index contributed by atoms with van der Waals surface area (Å²) in [5, 5.41) is 9.22. The molecule has 48 valence electrons. The first-order chi connectivity index (χ1) is 4.72. The Kier molecular flexibility index (Phi) is 2.74. The van der Waals surface area contributed by atoms with Crippen LogP contribution in [0.15, 0.2) is 24.3 Å². The molecule has 0 aliphatic rings. The Morgan fingerprint density at radius 1 is 1.40 bits per heavy atom. The number of aliphatic hydroxyl groups is 1. The maximum absolute atomic E-state index is 9.22. The summed E-state index contributed by atoms with van der Waals surface area (Å²) >= 11 is 1.36. The van der Waals surface area contributed by atoms with E-state index >= 15 is 0 Å². The predicted molar refractivity (Wildman–Crippen MR) is 42.5 cm³/mol. The first-order valence-corrected chi connectivity index (χ1v) is 4.63. The summed E-state index contributed by atoms with van der Waals surface area (Å²) in [6.07, 6.45) is -0.324. The molecule has 0 aromatic heterocycles. The van der Waals surface area contributed by atoms with Gasteiger partial charge in [0.1, 0.15) is 0 Å². The molecular weight excluding hydrogens is 231 g/mol. The molecule has 0 aliphatic carbocycles. The molecule has 0 amide bonds. The Morgan fingerprint density at radius 2 is 2.00 bits per heavy atom. The molecular formula is C8H9OSn+3. The van der Waals surface area contributed by atoms with Crippen molar-refractivity contribution in [1.29, 1.82) is 0 Å². The van der Waals surface area contributed by atoms with Gasteiger partial charge in [0.2, 0.25) is 0 Å². The molecule has 0 saturated carbocycles. The second kappa shape index (κ2) is 3.39. The summed E-state index contributed by atoms with van der Waals surface area (Å²) in [6, 6.07) is 7.96. The Hall–Kier alpha value is -0.0213. The number of rotatable bonds is 1. The van der Waals surface area contributed by atoms with Crippen LogP contribution in [-0.4, -0.2) is 27.6 Å². The molecule has 1 nitrogen and oxygen atoms in total. The predicted octanol–water partition coefficient (Wildman–Crippen LogP) is 0.534. The fourth-order valence-electron chi connectivity index (χ4n) is 0.861. The van der Waals surface area contributed by atoms with Crippen LogP contribution in [0.25, 0.3) is 0 Å². The zero-order chi connectivity index (χ0) is 7.56. The SMILES string of the molecule is CC(O)c1cccc[c]1[Sn+3]. The van der Waals surface area contributed by atoms with Crippen molar-refractivity contribution in [2.24, 2.45) is 0 Å². The Labute approximate surface area is 74.2 Å². The van der Waals surface area contributed by atoms with Crippen molar-refractivity contribution in [3.8, 4) is 0 Å². The molecule has 0 spiro atoms. The molecule has 0 fully saturated rings. The van der Waals surface area contributed by atoms with Crippen molar-refractivity contribution < 1.29 is 5.11 Å². The van der Waals surface area contributed by atoms with Crippen LogP contribution in [0.1, 0.15) is 18.6 Å². The summed E-state index contributed by atoms with van der Waals surface area (Å²) in [7, 11) is 0. The van der Waals surface area contributed by atoms with Gasteiger partial charge in [-0.1, -0.05) is 0 Å². The zero-order valence-corrected chi connectivity index (χ0v) is 8.69. The van der Waals surface area contributed by atoms with Gasteiger partial charge in [-0.25, -0.2) is 0 Å². The van der Waals surface area contributed by atoms with Crippen molar-refractivity contribution in [2.75, 3.05) is 0 Å². The number of hydrogen-bond donors (Lipinski definition) is 1. The quantitative estimate of drug-likeness (QED) is 0.710. The van der Waals surface area contributed by atoms with Crippen LogP contribution in [0.5, 0.6) is 0 Å². The van der Waals surface area contributed by atoms with Crippen molar-refractivity contribution in [3.63, 3.8) is 0 Å². The van der Waals surface area contributed by atoms with Gasteiger partial charge in [0.05, 0.1) is 0 Å². The Morgan fingerprint density at radius 3 is 2.40 bits per heavy atom. The normalized spacial score (nSPS) is 13.2. The van der Waals surface area contributed by atoms with Gasteiger partial charge in [-0.05, 0) is 0 Å². The van der Waals surface area contributed by atoms with Crippen molar-refractivity contribution in [2.45, 2.75) is 13.0 Å². The van der Waals surface area contributed by atoms with E-state index in [1.165, 1.54) is 26.1 Å². The molecule has 0 aliphatic heterocycles. The van der Waals surface area contributed by atoms with Gasteiger partial charge in [0.25, 0.3) is 0 Å². The van der Waals surface area contributed by atoms with Gasteiger partial charge >= 0.3 is 74.1 Å². The topological polar surface area (TPSA) is 20.2 Å². The summed E-state index contributed by atoms with van der Waals surface area (Å²) in [5.74, 6) is 0. The zero-order valence-electron chi connectivity index (χ0n) is 5.83. The molecule has 1 rings (SSSR count). The Balaban J connectivity index is 3.03. The van der Waals surface area contributed by atoms with E-state index < -0.39 is 0 Å². The van der Waals surface area contributed by atoms with Gasteiger partial charge in [0.15, 0.2) is 0 Å². The number of benzene rings is 1. The second-order valence-electron chi connectivity index (χ2n) is 2.26. The minimum atomic E-state index is -0.324. The summed E-state index contributed by atoms with van der Waals surface area (Å²) in [6.45, 7) is 1.79. The monoisotopic (exact) mass is 241 g/mol. The van der Waals surface area contributed by atoms with Crippen LogP contribution in [0.4, 0.5) is 0 Å². The van der Waals surface area contributed by atoms with Crippen LogP contribution in [0, 0.1) is 0 Å². The van der Waals surface area contributed by atoms with Gasteiger partial charge in [-0.2, -0.15) is 0 Å². The van der Waals surface area contributed by atoms with Crippen LogP contribution in [-0.2, 0) is 0 Å².